The molecule has 0 unspecified atom stereocenters. The third-order valence-corrected chi connectivity index (χ3v) is 11.5. The number of benzene rings is 2. The van der Waals surface area contributed by atoms with Gasteiger partial charge in [0.15, 0.2) is 0 Å². The van der Waals surface area contributed by atoms with Crippen LogP contribution in [-0.2, 0) is 19.8 Å². The predicted octanol–water partition coefficient (Wildman–Crippen LogP) is 4.78. The van der Waals surface area contributed by atoms with Crippen LogP contribution in [0.2, 0.25) is 0 Å². The number of nitrogens with zero attached hydrogens (tertiary/aromatic N) is 3. The molecular formula is C32H33F2N4O6PS. The molecule has 3 N–H and O–H groups in total. The fourth-order valence-corrected chi connectivity index (χ4v) is 8.58. The van der Waals surface area contributed by atoms with Crippen molar-refractivity contribution in [2.75, 3.05) is 13.1 Å². The zero-order chi connectivity index (χ0) is 33.0. The Hall–Kier alpha value is -3.69. The molecule has 0 saturated carbocycles. The van der Waals surface area contributed by atoms with Crippen LogP contribution in [0.25, 0.3) is 10.1 Å². The number of nitriles is 1. The van der Waals surface area contributed by atoms with Crippen molar-refractivity contribution in [2.45, 2.75) is 62.3 Å². The lowest BCUT2D eigenvalue weighted by Gasteiger charge is -2.32. The fourth-order valence-electron chi connectivity index (χ4n) is 7.16. The number of rotatable bonds is 6. The van der Waals surface area contributed by atoms with Crippen molar-refractivity contribution < 1.29 is 37.5 Å². The summed E-state index contributed by atoms with van der Waals surface area (Å²) in [6.45, 7) is 2.66. The Labute approximate surface area is 268 Å². The van der Waals surface area contributed by atoms with Gasteiger partial charge in [-0.2, -0.15) is 14.0 Å². The van der Waals surface area contributed by atoms with Gasteiger partial charge in [-0.1, -0.05) is 43.3 Å². The molecule has 0 radical (unpaired) electrons. The van der Waals surface area contributed by atoms with Crippen LogP contribution >= 0.6 is 18.9 Å². The number of hydrogen-bond donors (Lipinski definition) is 3. The monoisotopic (exact) mass is 670 g/mol. The Morgan fingerprint density at radius 2 is 1.83 bits per heavy atom. The quantitative estimate of drug-likeness (QED) is 0.320. The van der Waals surface area contributed by atoms with Gasteiger partial charge in [-0.15, -0.1) is 11.3 Å². The zero-order valence-electron chi connectivity index (χ0n) is 24.9. The highest BCUT2D eigenvalue weighted by molar-refractivity contribution is 7.52. The second-order valence-corrected chi connectivity index (χ2v) is 15.3. The van der Waals surface area contributed by atoms with E-state index in [1.807, 2.05) is 37.3 Å². The topological polar surface area (TPSA) is 151 Å². The first-order valence-electron chi connectivity index (χ1n) is 15.1. The van der Waals surface area contributed by atoms with Crippen molar-refractivity contribution in [3.05, 3.63) is 70.6 Å². The van der Waals surface area contributed by atoms with E-state index in [1.165, 1.54) is 12.1 Å². The maximum atomic E-state index is 14.3. The Bertz CT molecular complexity index is 1770. The maximum absolute atomic E-state index is 14.3. The molecule has 0 spiro atoms. The Morgan fingerprint density at radius 3 is 2.52 bits per heavy atom. The van der Waals surface area contributed by atoms with E-state index in [2.05, 4.69) is 11.4 Å². The van der Waals surface area contributed by atoms with Crippen LogP contribution in [0.1, 0.15) is 59.3 Å². The van der Waals surface area contributed by atoms with Crippen LogP contribution < -0.4 is 5.32 Å². The average Bonchev–Trinajstić information content (AvgIpc) is 3.74. The molecule has 46 heavy (non-hydrogen) atoms. The summed E-state index contributed by atoms with van der Waals surface area (Å²) >= 11 is 1.01. The molecule has 14 heteroatoms. The van der Waals surface area contributed by atoms with Gasteiger partial charge < -0.3 is 24.9 Å². The van der Waals surface area contributed by atoms with Crippen molar-refractivity contribution >= 4 is 46.7 Å². The van der Waals surface area contributed by atoms with E-state index in [1.54, 1.807) is 9.80 Å². The molecule has 3 aliphatic rings. The first-order chi connectivity index (χ1) is 21.8. The summed E-state index contributed by atoms with van der Waals surface area (Å²) in [6.07, 6.45) is 2.18. The number of halogens is 2. The molecule has 6 rings (SSSR count). The number of amides is 3. The molecule has 3 aromatic rings. The van der Waals surface area contributed by atoms with Crippen LogP contribution in [0.15, 0.2) is 54.6 Å². The highest BCUT2D eigenvalue weighted by Gasteiger charge is 2.51. The first-order valence-corrected chi connectivity index (χ1v) is 17.5. The Kier molecular flexibility index (Phi) is 8.52. The summed E-state index contributed by atoms with van der Waals surface area (Å²) in [7, 11) is -5.77. The van der Waals surface area contributed by atoms with E-state index >= 15 is 0 Å². The molecule has 10 nitrogen and oxygen atoms in total. The largest absolute Gasteiger partial charge is 0.399 e. The molecule has 242 valence electrons. The Balaban J connectivity index is 1.20. The second kappa shape index (κ2) is 12.2. The van der Waals surface area contributed by atoms with E-state index in [-0.39, 0.29) is 52.4 Å². The van der Waals surface area contributed by atoms with Crippen LogP contribution in [-0.4, -0.2) is 68.5 Å². The predicted molar refractivity (Wildman–Crippen MR) is 166 cm³/mol. The summed E-state index contributed by atoms with van der Waals surface area (Å²) < 4.78 is 40.4. The van der Waals surface area contributed by atoms with Crippen LogP contribution in [0.4, 0.5) is 8.78 Å². The van der Waals surface area contributed by atoms with Gasteiger partial charge in [-0.3, -0.25) is 18.9 Å². The van der Waals surface area contributed by atoms with E-state index in [0.29, 0.717) is 36.9 Å². The average molecular weight is 671 g/mol. The number of likely N-dealkylation sites (tertiary alicyclic amines) is 1. The smallest absolute Gasteiger partial charge is 0.340 e. The van der Waals surface area contributed by atoms with Gasteiger partial charge >= 0.3 is 13.3 Å². The molecule has 0 aliphatic carbocycles. The summed E-state index contributed by atoms with van der Waals surface area (Å²) in [6, 6.07) is 14.7. The summed E-state index contributed by atoms with van der Waals surface area (Å²) in [5.74, 6) is -1.55. The van der Waals surface area contributed by atoms with Crippen LogP contribution in [0.3, 0.4) is 0 Å². The summed E-state index contributed by atoms with van der Waals surface area (Å²) in [4.78, 5) is 63.0. The lowest BCUT2D eigenvalue weighted by Crippen LogP contribution is -2.54. The van der Waals surface area contributed by atoms with Gasteiger partial charge in [0.25, 0.3) is 5.91 Å². The molecule has 3 amide bonds. The highest BCUT2D eigenvalue weighted by atomic mass is 32.1. The zero-order valence-corrected chi connectivity index (χ0v) is 26.6. The molecule has 3 aliphatic heterocycles. The number of carbonyl (C=O) groups excluding carboxylic acids is 3. The van der Waals surface area contributed by atoms with Crippen molar-refractivity contribution in [3.63, 3.8) is 0 Å². The van der Waals surface area contributed by atoms with Gasteiger partial charge in [-0.25, -0.2) is 0 Å². The standard InChI is InChI=1S/C32H33F2N4O6PS/c1-18-11-23-8-9-26(31(41)37-16-21(15-35)24(17-37)19-5-3-2-4-6-19)38(23)30(40)25(12-18)36-29(39)28-14-20-13-22(7-10-27(20)46-28)32(33,34)45(42,43)44/h2-7,10,13-14,18,21,23-26H,8-9,11-12,16-17H2,1H3,(H,36,39)(H2,42,43,44)/t18-,21-,23-,24+,25+,26+/m1/s1. The molecule has 3 saturated heterocycles. The third kappa shape index (κ3) is 5.84. The lowest BCUT2D eigenvalue weighted by atomic mass is 9.90. The van der Waals surface area contributed by atoms with E-state index < -0.39 is 36.8 Å². The normalized spacial score (nSPS) is 26.9. The molecule has 6 atom stereocenters. The number of hydrogen-bond acceptors (Lipinski definition) is 6. The van der Waals surface area contributed by atoms with Gasteiger partial charge in [-0.05, 0) is 60.7 Å². The summed E-state index contributed by atoms with van der Waals surface area (Å²) in [5, 5.41) is 12.9. The lowest BCUT2D eigenvalue weighted by molar-refractivity contribution is -0.145. The van der Waals surface area contributed by atoms with Crippen molar-refractivity contribution in [2.24, 2.45) is 11.8 Å². The summed E-state index contributed by atoms with van der Waals surface area (Å²) in [5.41, 5.74) is -4.26. The maximum Gasteiger partial charge on any atom is 0.399 e. The van der Waals surface area contributed by atoms with Gasteiger partial charge in [0, 0.05) is 35.3 Å². The van der Waals surface area contributed by atoms with Crippen LogP contribution in [0.5, 0.6) is 0 Å². The highest BCUT2D eigenvalue weighted by Crippen LogP contribution is 2.59. The first kappa shape index (κ1) is 32.3. The number of nitrogens with one attached hydrogen (secondary N) is 1. The molecule has 1 aromatic heterocycles. The molecule has 3 fully saturated rings. The van der Waals surface area contributed by atoms with Gasteiger partial charge in [0.05, 0.1) is 16.9 Å². The molecule has 4 heterocycles. The minimum Gasteiger partial charge on any atom is -0.340 e. The number of fused-ring (bicyclic) bond motifs is 2. The fraction of sp³-hybridized carbons (Fsp3) is 0.438. The second-order valence-electron chi connectivity index (χ2n) is 12.5. The van der Waals surface area contributed by atoms with E-state index in [9.17, 15) is 33.0 Å². The molecule has 0 bridgehead atoms. The van der Waals surface area contributed by atoms with Crippen molar-refractivity contribution in [1.29, 1.82) is 5.26 Å². The minimum absolute atomic E-state index is 0.0650. The molecular weight excluding hydrogens is 637 g/mol. The van der Waals surface area contributed by atoms with E-state index in [4.69, 9.17) is 9.79 Å². The number of carbonyl (C=O) groups is 3. The van der Waals surface area contributed by atoms with Gasteiger partial charge in [0.1, 0.15) is 12.1 Å². The number of thiophene rings is 1. The van der Waals surface area contributed by atoms with Crippen molar-refractivity contribution in [1.82, 2.24) is 15.1 Å². The van der Waals surface area contributed by atoms with Crippen molar-refractivity contribution in [3.8, 4) is 6.07 Å². The number of alkyl halides is 2. The van der Waals surface area contributed by atoms with Crippen LogP contribution in [0, 0.1) is 23.2 Å². The third-order valence-electron chi connectivity index (χ3n) is 9.44. The Morgan fingerprint density at radius 1 is 1.09 bits per heavy atom. The minimum atomic E-state index is -5.77. The van der Waals surface area contributed by atoms with E-state index in [0.717, 1.165) is 29.0 Å². The van der Waals surface area contributed by atoms with Gasteiger partial charge in [0.2, 0.25) is 11.8 Å². The SMILES string of the molecule is C[C@@H]1C[C@H]2CC[C@@H](C(=O)N3C[C@@H](C#N)[C@H](c4ccccc4)C3)N2C(=O)[C@@H](NC(=O)c2cc3cc(C(F)(F)P(=O)(O)O)ccc3s2)C1. The molecule has 2 aromatic carbocycles.